The van der Waals surface area contributed by atoms with Gasteiger partial charge < -0.3 is 4.90 Å². The molecule has 0 aromatic rings. The lowest BCUT2D eigenvalue weighted by Crippen LogP contribution is -2.12. The summed E-state index contributed by atoms with van der Waals surface area (Å²) in [7, 11) is 6.00. The predicted octanol–water partition coefficient (Wildman–Crippen LogP) is 0.891. The molecule has 0 atom stereocenters. The fourth-order valence-corrected chi connectivity index (χ4v) is 0.220. The Morgan fingerprint density at radius 3 is 2.18 bits per heavy atom. The molecule has 0 heterocycles. The van der Waals surface area contributed by atoms with Crippen molar-refractivity contribution in [2.24, 2.45) is 0 Å². The quantitative estimate of drug-likeness (QED) is 0.375. The van der Waals surface area contributed by atoms with Gasteiger partial charge in [0, 0.05) is 6.54 Å². The molecule has 68 valence electrons. The molecule has 0 unspecified atom stereocenters. The summed E-state index contributed by atoms with van der Waals surface area (Å²) in [4.78, 5) is 6.76. The van der Waals surface area contributed by atoms with E-state index in [1.807, 2.05) is 33.0 Å². The molecule has 0 aliphatic carbocycles. The minimum absolute atomic E-state index is 0.577. The Morgan fingerprint density at radius 1 is 1.45 bits per heavy atom. The van der Waals surface area contributed by atoms with Crippen molar-refractivity contribution in [1.29, 1.82) is 0 Å². The van der Waals surface area contributed by atoms with Crippen molar-refractivity contribution in [3.8, 4) is 0 Å². The van der Waals surface area contributed by atoms with Crippen LogP contribution in [-0.4, -0.2) is 39.2 Å². The van der Waals surface area contributed by atoms with E-state index in [4.69, 9.17) is 4.84 Å². The zero-order valence-corrected chi connectivity index (χ0v) is 8.05. The third kappa shape index (κ3) is 42.6. The Bertz CT molecular complexity index is 71.7. The highest BCUT2D eigenvalue weighted by molar-refractivity contribution is 4.62. The molecule has 0 radical (unpaired) electrons. The summed E-state index contributed by atoms with van der Waals surface area (Å²) in [6.07, 6.45) is 1.70. The van der Waals surface area contributed by atoms with E-state index in [9.17, 15) is 0 Å². The van der Waals surface area contributed by atoms with Crippen molar-refractivity contribution in [3.63, 3.8) is 0 Å². The molecular weight excluding hydrogens is 140 g/mol. The summed E-state index contributed by atoms with van der Waals surface area (Å²) in [5.74, 6) is 0. The molecule has 0 spiro atoms. The van der Waals surface area contributed by atoms with Gasteiger partial charge in [-0.1, -0.05) is 13.0 Å². The lowest BCUT2D eigenvalue weighted by Gasteiger charge is -1.95. The summed E-state index contributed by atoms with van der Waals surface area (Å²) in [6.45, 7) is 6.86. The first-order valence-electron chi connectivity index (χ1n) is 3.71. The Labute approximate surface area is 70.0 Å². The average molecular weight is 160 g/mol. The molecule has 3 heteroatoms. The molecule has 1 N–H and O–H groups in total. The molecule has 0 aromatic heterocycles. The van der Waals surface area contributed by atoms with E-state index >= 15 is 0 Å². The van der Waals surface area contributed by atoms with E-state index in [0.29, 0.717) is 6.61 Å². The number of nitrogens with one attached hydrogen (secondary N) is 1. The van der Waals surface area contributed by atoms with Crippen LogP contribution in [0, 0.1) is 0 Å². The standard InChI is InChI=1S/C5H11NO.C3H9N/c1-3-5-7-6-4-2;1-4(2)3/h3,6H,1,4-5H2,2H3;1-3H3. The van der Waals surface area contributed by atoms with Gasteiger partial charge in [0.15, 0.2) is 0 Å². The largest absolute Gasteiger partial charge is 0.312 e. The van der Waals surface area contributed by atoms with Gasteiger partial charge in [0.1, 0.15) is 0 Å². The first kappa shape index (κ1) is 13.2. The highest BCUT2D eigenvalue weighted by Crippen LogP contribution is 1.64. The van der Waals surface area contributed by atoms with Crippen molar-refractivity contribution in [2.45, 2.75) is 6.92 Å². The SMILES string of the molecule is C=CCONCC.CN(C)C. The Morgan fingerprint density at radius 2 is 1.91 bits per heavy atom. The van der Waals surface area contributed by atoms with Crippen molar-refractivity contribution >= 4 is 0 Å². The number of rotatable bonds is 4. The van der Waals surface area contributed by atoms with Crippen LogP contribution in [0.2, 0.25) is 0 Å². The second-order valence-electron chi connectivity index (χ2n) is 2.44. The lowest BCUT2D eigenvalue weighted by atomic mass is 10.7. The van der Waals surface area contributed by atoms with Gasteiger partial charge in [-0.15, -0.1) is 6.58 Å². The molecule has 0 aromatic carbocycles. The number of hydrogen-bond donors (Lipinski definition) is 1. The fraction of sp³-hybridized carbons (Fsp3) is 0.750. The van der Waals surface area contributed by atoms with Gasteiger partial charge >= 0.3 is 0 Å². The highest BCUT2D eigenvalue weighted by Gasteiger charge is 1.72. The Hall–Kier alpha value is -0.380. The van der Waals surface area contributed by atoms with Crippen LogP contribution in [-0.2, 0) is 4.84 Å². The van der Waals surface area contributed by atoms with Gasteiger partial charge in [-0.3, -0.25) is 4.84 Å². The van der Waals surface area contributed by atoms with Crippen molar-refractivity contribution < 1.29 is 4.84 Å². The van der Waals surface area contributed by atoms with Gasteiger partial charge in [-0.05, 0) is 21.1 Å². The number of hydrogen-bond acceptors (Lipinski definition) is 3. The van der Waals surface area contributed by atoms with E-state index in [0.717, 1.165) is 6.54 Å². The van der Waals surface area contributed by atoms with Crippen LogP contribution < -0.4 is 5.48 Å². The van der Waals surface area contributed by atoms with Crippen LogP contribution in [0.25, 0.3) is 0 Å². The summed E-state index contributed by atoms with van der Waals surface area (Å²) in [5, 5.41) is 0. The molecule has 0 aliphatic heterocycles. The zero-order valence-electron chi connectivity index (χ0n) is 8.05. The first-order valence-corrected chi connectivity index (χ1v) is 3.71. The van der Waals surface area contributed by atoms with Crippen LogP contribution in [0.3, 0.4) is 0 Å². The van der Waals surface area contributed by atoms with Gasteiger partial charge in [-0.25, -0.2) is 5.48 Å². The summed E-state index contributed by atoms with van der Waals surface area (Å²) in [6, 6.07) is 0. The maximum Gasteiger partial charge on any atom is 0.0861 e. The van der Waals surface area contributed by atoms with Gasteiger partial charge in [0.25, 0.3) is 0 Å². The molecular formula is C8H20N2O. The smallest absolute Gasteiger partial charge is 0.0861 e. The van der Waals surface area contributed by atoms with E-state index in [1.165, 1.54) is 0 Å². The minimum Gasteiger partial charge on any atom is -0.312 e. The van der Waals surface area contributed by atoms with E-state index in [1.54, 1.807) is 6.08 Å². The third-order valence-electron chi connectivity index (χ3n) is 0.448. The third-order valence-corrected chi connectivity index (χ3v) is 0.448. The maximum absolute atomic E-state index is 4.76. The van der Waals surface area contributed by atoms with Crippen LogP contribution in [0.15, 0.2) is 12.7 Å². The second-order valence-corrected chi connectivity index (χ2v) is 2.44. The number of hydroxylamine groups is 1. The first-order chi connectivity index (χ1) is 5.15. The lowest BCUT2D eigenvalue weighted by molar-refractivity contribution is 0.0666. The van der Waals surface area contributed by atoms with Crippen molar-refractivity contribution in [1.82, 2.24) is 10.4 Å². The monoisotopic (exact) mass is 160 g/mol. The molecule has 3 nitrogen and oxygen atoms in total. The van der Waals surface area contributed by atoms with E-state index in [-0.39, 0.29) is 0 Å². The summed E-state index contributed by atoms with van der Waals surface area (Å²) >= 11 is 0. The van der Waals surface area contributed by atoms with Crippen molar-refractivity contribution in [2.75, 3.05) is 34.3 Å². The highest BCUT2D eigenvalue weighted by atomic mass is 16.6. The molecule has 0 aliphatic rings. The minimum atomic E-state index is 0.577. The van der Waals surface area contributed by atoms with E-state index in [2.05, 4.69) is 12.1 Å². The van der Waals surface area contributed by atoms with Crippen LogP contribution >= 0.6 is 0 Å². The van der Waals surface area contributed by atoms with Crippen LogP contribution in [0.5, 0.6) is 0 Å². The van der Waals surface area contributed by atoms with Crippen molar-refractivity contribution in [3.05, 3.63) is 12.7 Å². The summed E-state index contributed by atoms with van der Waals surface area (Å²) in [5.41, 5.74) is 2.68. The predicted molar refractivity (Wildman–Crippen MR) is 49.4 cm³/mol. The molecule has 0 bridgehead atoms. The summed E-state index contributed by atoms with van der Waals surface area (Å²) < 4.78 is 0. The normalized spacial score (nSPS) is 8.82. The molecule has 0 rings (SSSR count). The molecule has 0 fully saturated rings. The number of nitrogens with zero attached hydrogens (tertiary/aromatic N) is 1. The van der Waals surface area contributed by atoms with Gasteiger partial charge in [-0.2, -0.15) is 0 Å². The van der Waals surface area contributed by atoms with Gasteiger partial charge in [0.05, 0.1) is 6.61 Å². The molecule has 0 saturated carbocycles. The fourth-order valence-electron chi connectivity index (χ4n) is 0.220. The Balaban J connectivity index is 0. The average Bonchev–Trinajstić information content (AvgIpc) is 1.88. The van der Waals surface area contributed by atoms with Crippen LogP contribution in [0.1, 0.15) is 6.92 Å². The molecule has 11 heavy (non-hydrogen) atoms. The second kappa shape index (κ2) is 12.3. The maximum atomic E-state index is 4.76. The molecule has 0 amide bonds. The zero-order chi connectivity index (χ0) is 9.11. The Kier molecular flexibility index (Phi) is 14.8. The molecule has 0 saturated heterocycles. The van der Waals surface area contributed by atoms with E-state index < -0.39 is 0 Å². The van der Waals surface area contributed by atoms with Gasteiger partial charge in [0.2, 0.25) is 0 Å². The topological polar surface area (TPSA) is 24.5 Å². The van der Waals surface area contributed by atoms with Crippen LogP contribution in [0.4, 0.5) is 0 Å².